The normalized spacial score (nSPS) is 14.1. The van der Waals surface area contributed by atoms with Gasteiger partial charge in [0.2, 0.25) is 5.91 Å². The number of nitrogens with zero attached hydrogens (tertiary/aromatic N) is 2. The molecule has 0 spiro atoms. The van der Waals surface area contributed by atoms with Gasteiger partial charge in [-0.15, -0.1) is 0 Å². The molecule has 1 fully saturated rings. The van der Waals surface area contributed by atoms with Crippen LogP contribution in [0.3, 0.4) is 0 Å². The number of amides is 2. The molecule has 0 unspecified atom stereocenters. The summed E-state index contributed by atoms with van der Waals surface area (Å²) in [6.07, 6.45) is 0.307. The lowest BCUT2D eigenvalue weighted by Crippen LogP contribution is -2.52. The van der Waals surface area contributed by atoms with E-state index in [9.17, 15) is 14.0 Å². The van der Waals surface area contributed by atoms with E-state index in [0.717, 1.165) is 5.56 Å². The third-order valence-electron chi connectivity index (χ3n) is 4.44. The van der Waals surface area contributed by atoms with Crippen LogP contribution < -0.4 is 4.74 Å². The van der Waals surface area contributed by atoms with E-state index >= 15 is 0 Å². The average molecular weight is 391 g/mol. The number of carbonyl (C=O) groups is 2. The Hall–Kier alpha value is -2.60. The van der Waals surface area contributed by atoms with E-state index in [1.165, 1.54) is 12.1 Å². The molecule has 0 atom stereocenters. The smallest absolute Gasteiger partial charge is 0.260 e. The van der Waals surface area contributed by atoms with Crippen LogP contribution in [-0.2, 0) is 16.0 Å². The lowest BCUT2D eigenvalue weighted by Gasteiger charge is -2.34. The molecule has 0 aliphatic carbocycles. The fourth-order valence-electron chi connectivity index (χ4n) is 2.89. The van der Waals surface area contributed by atoms with E-state index in [4.69, 9.17) is 16.3 Å². The van der Waals surface area contributed by atoms with Crippen molar-refractivity contribution in [2.75, 3.05) is 32.8 Å². The quantitative estimate of drug-likeness (QED) is 0.788. The van der Waals surface area contributed by atoms with Crippen molar-refractivity contribution >= 4 is 23.4 Å². The molecule has 1 aliphatic heterocycles. The third kappa shape index (κ3) is 5.20. The SMILES string of the molecule is O=C(COc1ccccc1F)N1CCN(C(=O)Cc2ccc(Cl)cc2)CC1. The Kier molecular flexibility index (Phi) is 6.29. The molecule has 2 aromatic carbocycles. The molecular formula is C20H20ClFN2O3. The van der Waals surface area contributed by atoms with Crippen molar-refractivity contribution in [1.82, 2.24) is 9.80 Å². The Morgan fingerprint density at radius 1 is 0.926 bits per heavy atom. The van der Waals surface area contributed by atoms with Gasteiger partial charge < -0.3 is 14.5 Å². The van der Waals surface area contributed by atoms with Crippen LogP contribution in [0.1, 0.15) is 5.56 Å². The lowest BCUT2D eigenvalue weighted by atomic mass is 10.1. The summed E-state index contributed by atoms with van der Waals surface area (Å²) in [6.45, 7) is 1.59. The number of rotatable bonds is 5. The minimum atomic E-state index is -0.497. The van der Waals surface area contributed by atoms with Crippen molar-refractivity contribution in [1.29, 1.82) is 0 Å². The summed E-state index contributed by atoms with van der Waals surface area (Å²) in [5, 5.41) is 0.635. The first-order valence-corrected chi connectivity index (χ1v) is 9.08. The molecule has 0 N–H and O–H groups in total. The van der Waals surface area contributed by atoms with E-state index in [-0.39, 0.29) is 24.2 Å². The molecular weight excluding hydrogens is 371 g/mol. The van der Waals surface area contributed by atoms with Crippen LogP contribution in [0.5, 0.6) is 5.75 Å². The van der Waals surface area contributed by atoms with Gasteiger partial charge in [0.1, 0.15) is 0 Å². The van der Waals surface area contributed by atoms with Crippen molar-refractivity contribution in [2.45, 2.75) is 6.42 Å². The number of para-hydroxylation sites is 1. The highest BCUT2D eigenvalue weighted by Gasteiger charge is 2.24. The van der Waals surface area contributed by atoms with Gasteiger partial charge in [0.25, 0.3) is 5.91 Å². The van der Waals surface area contributed by atoms with Crippen LogP contribution in [0.4, 0.5) is 4.39 Å². The molecule has 0 bridgehead atoms. The maximum atomic E-state index is 13.5. The minimum absolute atomic E-state index is 0.0204. The van der Waals surface area contributed by atoms with Gasteiger partial charge in [-0.3, -0.25) is 9.59 Å². The van der Waals surface area contributed by atoms with Crippen LogP contribution in [0.15, 0.2) is 48.5 Å². The number of carbonyl (C=O) groups excluding carboxylic acids is 2. The first-order valence-electron chi connectivity index (χ1n) is 8.70. The minimum Gasteiger partial charge on any atom is -0.481 e. The number of halogens is 2. The van der Waals surface area contributed by atoms with Crippen LogP contribution >= 0.6 is 11.6 Å². The fourth-order valence-corrected chi connectivity index (χ4v) is 3.01. The van der Waals surface area contributed by atoms with E-state index in [0.29, 0.717) is 37.6 Å². The van der Waals surface area contributed by atoms with Gasteiger partial charge in [-0.05, 0) is 29.8 Å². The van der Waals surface area contributed by atoms with Gasteiger partial charge in [-0.25, -0.2) is 4.39 Å². The van der Waals surface area contributed by atoms with Crippen molar-refractivity contribution in [3.63, 3.8) is 0 Å². The summed E-state index contributed by atoms with van der Waals surface area (Å²) in [4.78, 5) is 28.0. The molecule has 1 saturated heterocycles. The van der Waals surface area contributed by atoms with E-state index < -0.39 is 5.82 Å². The number of piperazine rings is 1. The number of hydrogen-bond donors (Lipinski definition) is 0. The predicted molar refractivity (Wildman–Crippen MR) is 100 cm³/mol. The molecule has 5 nitrogen and oxygen atoms in total. The second-order valence-electron chi connectivity index (χ2n) is 6.28. The second kappa shape index (κ2) is 8.86. The van der Waals surface area contributed by atoms with Crippen LogP contribution in [0, 0.1) is 5.82 Å². The van der Waals surface area contributed by atoms with Crippen LogP contribution in [0.2, 0.25) is 5.02 Å². The zero-order valence-electron chi connectivity index (χ0n) is 14.7. The highest BCUT2D eigenvalue weighted by molar-refractivity contribution is 6.30. The van der Waals surface area contributed by atoms with Gasteiger partial charge in [-0.2, -0.15) is 0 Å². The van der Waals surface area contributed by atoms with E-state index in [1.807, 2.05) is 12.1 Å². The Bertz CT molecular complexity index is 805. The monoisotopic (exact) mass is 390 g/mol. The van der Waals surface area contributed by atoms with E-state index in [1.54, 1.807) is 34.1 Å². The molecule has 142 valence electrons. The van der Waals surface area contributed by atoms with Crippen molar-refractivity contribution in [3.8, 4) is 5.75 Å². The summed E-state index contributed by atoms with van der Waals surface area (Å²) in [5.74, 6) is -0.638. The Labute approximate surface area is 162 Å². The Morgan fingerprint density at radius 3 is 2.15 bits per heavy atom. The molecule has 2 aromatic rings. The van der Waals surface area contributed by atoms with Gasteiger partial charge in [0.15, 0.2) is 18.2 Å². The molecule has 3 rings (SSSR count). The summed E-state index contributed by atoms with van der Waals surface area (Å²) in [7, 11) is 0. The fraction of sp³-hybridized carbons (Fsp3) is 0.300. The first-order chi connectivity index (χ1) is 13.0. The molecule has 0 saturated carbocycles. The summed E-state index contributed by atoms with van der Waals surface area (Å²) < 4.78 is 18.8. The van der Waals surface area contributed by atoms with Gasteiger partial charge in [-0.1, -0.05) is 35.9 Å². The number of ether oxygens (including phenoxy) is 1. The summed E-state index contributed by atoms with van der Waals surface area (Å²) >= 11 is 5.85. The second-order valence-corrected chi connectivity index (χ2v) is 6.72. The summed E-state index contributed by atoms with van der Waals surface area (Å²) in [5.41, 5.74) is 0.904. The zero-order valence-corrected chi connectivity index (χ0v) is 15.5. The number of hydrogen-bond acceptors (Lipinski definition) is 3. The number of benzene rings is 2. The molecule has 0 aromatic heterocycles. The van der Waals surface area contributed by atoms with Crippen molar-refractivity contribution < 1.29 is 18.7 Å². The third-order valence-corrected chi connectivity index (χ3v) is 4.69. The molecule has 1 heterocycles. The van der Waals surface area contributed by atoms with Gasteiger partial charge in [0.05, 0.1) is 6.42 Å². The highest BCUT2D eigenvalue weighted by Crippen LogP contribution is 2.16. The van der Waals surface area contributed by atoms with Crippen LogP contribution in [-0.4, -0.2) is 54.4 Å². The molecule has 7 heteroatoms. The largest absolute Gasteiger partial charge is 0.481 e. The van der Waals surface area contributed by atoms with Crippen molar-refractivity contribution in [3.05, 3.63) is 64.9 Å². The Balaban J connectivity index is 1.45. The topological polar surface area (TPSA) is 49.9 Å². The molecule has 27 heavy (non-hydrogen) atoms. The lowest BCUT2D eigenvalue weighted by molar-refractivity contribution is -0.140. The molecule has 2 amide bonds. The molecule has 0 radical (unpaired) electrons. The Morgan fingerprint density at radius 2 is 1.52 bits per heavy atom. The summed E-state index contributed by atoms with van der Waals surface area (Å²) in [6, 6.07) is 13.2. The van der Waals surface area contributed by atoms with Crippen molar-refractivity contribution in [2.24, 2.45) is 0 Å². The highest BCUT2D eigenvalue weighted by atomic mass is 35.5. The van der Waals surface area contributed by atoms with Gasteiger partial charge >= 0.3 is 0 Å². The predicted octanol–water partition coefficient (Wildman–Crippen LogP) is 2.77. The van der Waals surface area contributed by atoms with Crippen LogP contribution in [0.25, 0.3) is 0 Å². The maximum absolute atomic E-state index is 13.5. The first kappa shape index (κ1) is 19.2. The van der Waals surface area contributed by atoms with Gasteiger partial charge in [0, 0.05) is 31.2 Å². The average Bonchev–Trinajstić information content (AvgIpc) is 2.69. The zero-order chi connectivity index (χ0) is 19.2. The standard InChI is InChI=1S/C20H20ClFN2O3/c21-16-7-5-15(6-8-16)13-19(25)23-9-11-24(12-10-23)20(26)14-27-18-4-2-1-3-17(18)22/h1-8H,9-14H2. The molecule has 1 aliphatic rings. The van der Waals surface area contributed by atoms with E-state index in [2.05, 4.69) is 0 Å². The maximum Gasteiger partial charge on any atom is 0.260 e.